The number of hydrogen-bond acceptors (Lipinski definition) is 2. The minimum atomic E-state index is -0.0730. The zero-order chi connectivity index (χ0) is 13.8. The highest BCUT2D eigenvalue weighted by atomic mass is 16.6. The van der Waals surface area contributed by atoms with Gasteiger partial charge in [0, 0.05) is 13.2 Å². The number of allylic oxidation sites excluding steroid dienone is 2. The maximum atomic E-state index is 5.97. The van der Waals surface area contributed by atoms with E-state index in [0.29, 0.717) is 0 Å². The van der Waals surface area contributed by atoms with E-state index in [1.807, 2.05) is 0 Å². The Morgan fingerprint density at radius 3 is 2.21 bits per heavy atom. The smallest absolute Gasteiger partial charge is 0.407 e. The highest BCUT2D eigenvalue weighted by Crippen LogP contribution is 2.20. The van der Waals surface area contributed by atoms with Crippen molar-refractivity contribution in [1.82, 2.24) is 0 Å². The van der Waals surface area contributed by atoms with Crippen LogP contribution in [-0.4, -0.2) is 20.3 Å². The van der Waals surface area contributed by atoms with Crippen molar-refractivity contribution in [3.8, 4) is 0 Å². The molecular formula is C16H31BO2. The molecule has 1 aliphatic rings. The maximum absolute atomic E-state index is 5.97. The largest absolute Gasteiger partial charge is 0.489 e. The van der Waals surface area contributed by atoms with Gasteiger partial charge in [-0.2, -0.15) is 0 Å². The molecule has 0 N–H and O–H groups in total. The molecule has 110 valence electrons. The van der Waals surface area contributed by atoms with Gasteiger partial charge in [0.05, 0.1) is 0 Å². The maximum Gasteiger partial charge on any atom is 0.489 e. The van der Waals surface area contributed by atoms with Gasteiger partial charge in [-0.15, -0.1) is 0 Å². The normalized spacial score (nSPS) is 19.4. The summed E-state index contributed by atoms with van der Waals surface area (Å²) in [4.78, 5) is 0. The molecule has 1 aliphatic carbocycles. The average molecular weight is 266 g/mol. The second kappa shape index (κ2) is 11.5. The van der Waals surface area contributed by atoms with Gasteiger partial charge in [-0.25, -0.2) is 0 Å². The van der Waals surface area contributed by atoms with E-state index >= 15 is 0 Å². The summed E-state index contributed by atoms with van der Waals surface area (Å²) in [6, 6.07) is 0. The first-order valence-electron chi connectivity index (χ1n) is 8.30. The Labute approximate surface area is 120 Å². The molecule has 2 nitrogen and oxygen atoms in total. The molecule has 0 aliphatic heterocycles. The first kappa shape index (κ1) is 16.8. The molecule has 3 heteroatoms. The third kappa shape index (κ3) is 7.79. The lowest BCUT2D eigenvalue weighted by Crippen LogP contribution is -2.27. The fraction of sp³-hybridized carbons (Fsp3) is 0.875. The van der Waals surface area contributed by atoms with E-state index < -0.39 is 0 Å². The first-order valence-corrected chi connectivity index (χ1v) is 8.30. The Morgan fingerprint density at radius 1 is 0.947 bits per heavy atom. The Kier molecular flexibility index (Phi) is 10.2. The molecule has 0 atom stereocenters. The Balaban J connectivity index is 2.47. The summed E-state index contributed by atoms with van der Waals surface area (Å²) < 4.78 is 11.9. The van der Waals surface area contributed by atoms with Crippen molar-refractivity contribution in [1.29, 1.82) is 0 Å². The van der Waals surface area contributed by atoms with E-state index in [2.05, 4.69) is 19.9 Å². The molecule has 0 amide bonds. The molecule has 0 unspecified atom stereocenters. The van der Waals surface area contributed by atoms with Gasteiger partial charge in [0.1, 0.15) is 0 Å². The number of unbranched alkanes of at least 4 members (excludes halogenated alkanes) is 2. The third-order valence-corrected chi connectivity index (χ3v) is 3.66. The lowest BCUT2D eigenvalue weighted by Gasteiger charge is -2.19. The molecule has 0 aromatic rings. The van der Waals surface area contributed by atoms with Crippen molar-refractivity contribution < 1.29 is 9.31 Å². The second-order valence-electron chi connectivity index (χ2n) is 5.51. The number of rotatable bonds is 9. The van der Waals surface area contributed by atoms with Crippen molar-refractivity contribution in [3.05, 3.63) is 11.5 Å². The van der Waals surface area contributed by atoms with Gasteiger partial charge >= 0.3 is 7.12 Å². The van der Waals surface area contributed by atoms with Crippen LogP contribution in [0.25, 0.3) is 0 Å². The van der Waals surface area contributed by atoms with E-state index in [9.17, 15) is 0 Å². The Morgan fingerprint density at radius 2 is 1.58 bits per heavy atom. The van der Waals surface area contributed by atoms with Gasteiger partial charge in [0.15, 0.2) is 0 Å². The van der Waals surface area contributed by atoms with Gasteiger partial charge in [0.2, 0.25) is 0 Å². The monoisotopic (exact) mass is 266 g/mol. The van der Waals surface area contributed by atoms with Crippen LogP contribution in [0, 0.1) is 0 Å². The molecule has 0 spiro atoms. The molecule has 1 rings (SSSR count). The van der Waals surface area contributed by atoms with Gasteiger partial charge in [-0.1, -0.05) is 52.0 Å². The summed E-state index contributed by atoms with van der Waals surface area (Å²) in [6.45, 7) is 6.05. The summed E-state index contributed by atoms with van der Waals surface area (Å²) in [5.74, 6) is 0. The summed E-state index contributed by atoms with van der Waals surface area (Å²) >= 11 is 0. The summed E-state index contributed by atoms with van der Waals surface area (Å²) in [7, 11) is -0.0730. The van der Waals surface area contributed by atoms with Gasteiger partial charge < -0.3 is 9.31 Å². The highest BCUT2D eigenvalue weighted by molar-refractivity contribution is 6.53. The molecule has 0 aromatic heterocycles. The van der Waals surface area contributed by atoms with Crippen molar-refractivity contribution in [2.24, 2.45) is 0 Å². The van der Waals surface area contributed by atoms with Crippen LogP contribution in [0.2, 0.25) is 0 Å². The molecule has 19 heavy (non-hydrogen) atoms. The van der Waals surface area contributed by atoms with Crippen molar-refractivity contribution in [3.63, 3.8) is 0 Å². The van der Waals surface area contributed by atoms with Gasteiger partial charge in [-0.05, 0) is 37.6 Å². The molecular weight excluding hydrogens is 235 g/mol. The van der Waals surface area contributed by atoms with Crippen LogP contribution < -0.4 is 0 Å². The fourth-order valence-corrected chi connectivity index (χ4v) is 2.36. The zero-order valence-corrected chi connectivity index (χ0v) is 13.0. The number of hydrogen-bond donors (Lipinski definition) is 0. The molecule has 0 saturated carbocycles. The van der Waals surface area contributed by atoms with Gasteiger partial charge in [0.25, 0.3) is 0 Å². The molecule has 0 heterocycles. The molecule has 0 bridgehead atoms. The molecule has 0 radical (unpaired) electrons. The predicted octanol–water partition coefficient (Wildman–Crippen LogP) is 4.93. The zero-order valence-electron chi connectivity index (χ0n) is 13.0. The third-order valence-electron chi connectivity index (χ3n) is 3.66. The lowest BCUT2D eigenvalue weighted by atomic mass is 9.73. The molecule has 0 aromatic carbocycles. The van der Waals surface area contributed by atoms with Crippen LogP contribution in [0.3, 0.4) is 0 Å². The fourth-order valence-electron chi connectivity index (χ4n) is 2.36. The Bertz CT molecular complexity index is 231. The van der Waals surface area contributed by atoms with Crippen LogP contribution in [0.5, 0.6) is 0 Å². The minimum Gasteiger partial charge on any atom is -0.407 e. The topological polar surface area (TPSA) is 18.5 Å². The van der Waals surface area contributed by atoms with E-state index in [4.69, 9.17) is 9.31 Å². The van der Waals surface area contributed by atoms with Crippen molar-refractivity contribution in [2.45, 2.75) is 78.1 Å². The van der Waals surface area contributed by atoms with Crippen LogP contribution in [-0.2, 0) is 9.31 Å². The first-order chi connectivity index (χ1) is 9.38. The summed E-state index contributed by atoms with van der Waals surface area (Å²) in [6.07, 6.45) is 14.7. The standard InChI is InChI=1S/C16H31BO2/c1-3-5-14-18-17(19-15-6-4-2)16-12-10-8-7-9-11-13-16/h12H,3-11,13-15H2,1-2H3/b16-12+. The van der Waals surface area contributed by atoms with Crippen molar-refractivity contribution in [2.75, 3.05) is 13.2 Å². The van der Waals surface area contributed by atoms with E-state index in [1.165, 1.54) is 50.4 Å². The molecule has 0 saturated heterocycles. The second-order valence-corrected chi connectivity index (χ2v) is 5.51. The van der Waals surface area contributed by atoms with Crippen LogP contribution in [0.4, 0.5) is 0 Å². The van der Waals surface area contributed by atoms with Crippen LogP contribution in [0.15, 0.2) is 11.5 Å². The van der Waals surface area contributed by atoms with Crippen molar-refractivity contribution >= 4 is 7.12 Å². The van der Waals surface area contributed by atoms with E-state index in [1.54, 1.807) is 0 Å². The average Bonchev–Trinajstić information content (AvgIpc) is 2.37. The predicted molar refractivity (Wildman–Crippen MR) is 83.3 cm³/mol. The van der Waals surface area contributed by atoms with E-state index in [0.717, 1.165) is 32.5 Å². The molecule has 0 fully saturated rings. The van der Waals surface area contributed by atoms with Gasteiger partial charge in [-0.3, -0.25) is 0 Å². The van der Waals surface area contributed by atoms with E-state index in [-0.39, 0.29) is 7.12 Å². The lowest BCUT2D eigenvalue weighted by molar-refractivity contribution is 0.197. The summed E-state index contributed by atoms with van der Waals surface area (Å²) in [5.41, 5.74) is 1.40. The summed E-state index contributed by atoms with van der Waals surface area (Å²) in [5, 5.41) is 0. The minimum absolute atomic E-state index is 0.0730. The van der Waals surface area contributed by atoms with Crippen LogP contribution >= 0.6 is 0 Å². The quantitative estimate of drug-likeness (QED) is 0.435. The van der Waals surface area contributed by atoms with Crippen LogP contribution in [0.1, 0.15) is 78.1 Å². The highest BCUT2D eigenvalue weighted by Gasteiger charge is 2.23. The SMILES string of the molecule is CCCCOB(OCCCC)/C1=C/CCCCCC1. The Hall–Kier alpha value is -0.275.